The molecule has 1 saturated heterocycles. The summed E-state index contributed by atoms with van der Waals surface area (Å²) in [5, 5.41) is 20.0. The number of carbonyl (C=O) groups is 3. The highest BCUT2D eigenvalue weighted by atomic mass is 32.2. The average Bonchev–Trinajstić information content (AvgIpc) is 3.30. The van der Waals surface area contributed by atoms with Gasteiger partial charge in [-0.05, 0) is 68.5 Å². The molecule has 0 spiro atoms. The molecule has 9 nitrogen and oxygen atoms in total. The second-order valence-corrected chi connectivity index (χ2v) is 12.9. The molecule has 43 heavy (non-hydrogen) atoms. The van der Waals surface area contributed by atoms with Gasteiger partial charge in [0.2, 0.25) is 5.91 Å². The Morgan fingerprint density at radius 3 is 2.44 bits per heavy atom. The van der Waals surface area contributed by atoms with E-state index in [4.69, 9.17) is 4.74 Å². The molecule has 1 heterocycles. The van der Waals surface area contributed by atoms with Crippen molar-refractivity contribution in [2.24, 2.45) is 0 Å². The van der Waals surface area contributed by atoms with Crippen LogP contribution >= 0.6 is 11.8 Å². The molecule has 0 aromatic heterocycles. The maximum atomic E-state index is 13.9. The number of amides is 4. The Hall–Kier alpha value is -4.02. The van der Waals surface area contributed by atoms with Crippen molar-refractivity contribution in [3.63, 3.8) is 0 Å². The summed E-state index contributed by atoms with van der Waals surface area (Å²) in [6.07, 6.45) is -1.41. The van der Waals surface area contributed by atoms with E-state index in [9.17, 15) is 19.5 Å². The fourth-order valence-corrected chi connectivity index (χ4v) is 6.34. The zero-order chi connectivity index (χ0) is 31.1. The molecule has 4 amide bonds. The molecule has 1 aliphatic rings. The highest BCUT2D eigenvalue weighted by Gasteiger charge is 2.49. The third kappa shape index (κ3) is 7.88. The van der Waals surface area contributed by atoms with E-state index >= 15 is 0 Å². The van der Waals surface area contributed by atoms with E-state index in [2.05, 4.69) is 16.0 Å². The topological polar surface area (TPSA) is 120 Å². The number of nitrogens with zero attached hydrogens (tertiary/aromatic N) is 1. The van der Waals surface area contributed by atoms with Gasteiger partial charge in [0.25, 0.3) is 5.91 Å². The van der Waals surface area contributed by atoms with Gasteiger partial charge in [-0.2, -0.15) is 0 Å². The minimum absolute atomic E-state index is 0.195. The smallest absolute Gasteiger partial charge is 0.319 e. The van der Waals surface area contributed by atoms with Crippen LogP contribution in [0.5, 0.6) is 5.75 Å². The van der Waals surface area contributed by atoms with Crippen LogP contribution in [-0.4, -0.2) is 63.8 Å². The molecule has 0 aliphatic carbocycles. The maximum Gasteiger partial charge on any atom is 0.319 e. The van der Waals surface area contributed by atoms with Crippen LogP contribution in [0.3, 0.4) is 0 Å². The molecule has 4 N–H and O–H groups in total. The Kier molecular flexibility index (Phi) is 10.4. The van der Waals surface area contributed by atoms with Crippen LogP contribution in [-0.2, 0) is 22.6 Å². The van der Waals surface area contributed by atoms with Crippen LogP contribution in [0, 0.1) is 13.8 Å². The van der Waals surface area contributed by atoms with Gasteiger partial charge in [-0.15, -0.1) is 11.8 Å². The highest BCUT2D eigenvalue weighted by molar-refractivity contribution is 8.00. The molecule has 10 heteroatoms. The highest BCUT2D eigenvalue weighted by Crippen LogP contribution is 2.40. The standard InChI is InChI=1S/C33H40N4O5S/c1-21-15-16-27(42-5)25(17-21)35-32(41)36-26(18-23-12-7-6-8-13-23)28(38)31(40)37-20-43-33(3,4)29(37)30(39)34-19-24-14-10-9-11-22(24)2/h6-17,26,28-29,38H,18-20H2,1-5H3,(H,34,39)(H2,35,36,41). The van der Waals surface area contributed by atoms with Crippen molar-refractivity contribution >= 4 is 35.3 Å². The normalized spacial score (nSPS) is 17.1. The first-order valence-corrected chi connectivity index (χ1v) is 15.2. The fraction of sp³-hybridized carbons (Fsp3) is 0.364. The summed E-state index contributed by atoms with van der Waals surface area (Å²) in [6, 6.07) is 20.1. The summed E-state index contributed by atoms with van der Waals surface area (Å²) >= 11 is 1.47. The number of aryl methyl sites for hydroxylation is 2. The number of hydrogen-bond acceptors (Lipinski definition) is 6. The van der Waals surface area contributed by atoms with Gasteiger partial charge in [0.05, 0.1) is 24.7 Å². The van der Waals surface area contributed by atoms with Gasteiger partial charge in [0.15, 0.2) is 6.10 Å². The predicted octanol–water partition coefficient (Wildman–Crippen LogP) is 4.40. The number of nitrogens with one attached hydrogen (secondary N) is 3. The number of anilines is 1. The number of urea groups is 1. The maximum absolute atomic E-state index is 13.9. The second-order valence-electron chi connectivity index (χ2n) is 11.3. The molecule has 228 valence electrons. The summed E-state index contributed by atoms with van der Waals surface area (Å²) in [5.74, 6) is -0.206. The van der Waals surface area contributed by atoms with Gasteiger partial charge in [-0.25, -0.2) is 4.79 Å². The minimum atomic E-state index is -1.61. The van der Waals surface area contributed by atoms with Crippen LogP contribution in [0.25, 0.3) is 0 Å². The Bertz CT molecular complexity index is 1450. The van der Waals surface area contributed by atoms with Crippen molar-refractivity contribution in [1.82, 2.24) is 15.5 Å². The first-order chi connectivity index (χ1) is 20.5. The molecule has 0 saturated carbocycles. The van der Waals surface area contributed by atoms with Crippen LogP contribution in [0.15, 0.2) is 72.8 Å². The van der Waals surface area contributed by atoms with E-state index in [1.54, 1.807) is 12.1 Å². The van der Waals surface area contributed by atoms with E-state index in [1.807, 2.05) is 88.4 Å². The van der Waals surface area contributed by atoms with Crippen molar-refractivity contribution in [2.75, 3.05) is 18.3 Å². The second kappa shape index (κ2) is 14.0. The van der Waals surface area contributed by atoms with Gasteiger partial charge >= 0.3 is 6.03 Å². The van der Waals surface area contributed by atoms with E-state index < -0.39 is 34.9 Å². The zero-order valence-electron chi connectivity index (χ0n) is 25.2. The van der Waals surface area contributed by atoms with Crippen LogP contribution in [0.4, 0.5) is 10.5 Å². The summed E-state index contributed by atoms with van der Waals surface area (Å²) in [6.45, 7) is 8.03. The SMILES string of the molecule is COc1ccc(C)cc1NC(=O)NC(Cc1ccccc1)C(O)C(=O)N1CSC(C)(C)C1C(=O)NCc1ccccc1C. The largest absolute Gasteiger partial charge is 0.495 e. The van der Waals surface area contributed by atoms with Crippen molar-refractivity contribution in [2.45, 2.75) is 63.6 Å². The third-order valence-electron chi connectivity index (χ3n) is 7.64. The first kappa shape index (κ1) is 31.9. The van der Waals surface area contributed by atoms with Crippen molar-refractivity contribution in [3.8, 4) is 5.75 Å². The number of ether oxygens (including phenoxy) is 1. The van der Waals surface area contributed by atoms with Gasteiger partial charge in [-0.1, -0.05) is 60.7 Å². The molecule has 3 aromatic rings. The van der Waals surface area contributed by atoms with Crippen LogP contribution < -0.4 is 20.7 Å². The number of aliphatic hydroxyl groups is 1. The van der Waals surface area contributed by atoms with Gasteiger partial charge in [-0.3, -0.25) is 9.59 Å². The van der Waals surface area contributed by atoms with Crippen molar-refractivity contribution < 1.29 is 24.2 Å². The number of rotatable bonds is 10. The molecule has 4 rings (SSSR count). The van der Waals surface area contributed by atoms with Gasteiger partial charge < -0.3 is 30.7 Å². The Morgan fingerprint density at radius 2 is 1.74 bits per heavy atom. The summed E-state index contributed by atoms with van der Waals surface area (Å²) < 4.78 is 4.78. The van der Waals surface area contributed by atoms with E-state index in [1.165, 1.54) is 23.8 Å². The first-order valence-electron chi connectivity index (χ1n) is 14.2. The molecule has 3 unspecified atom stereocenters. The minimum Gasteiger partial charge on any atom is -0.495 e. The number of aliphatic hydroxyl groups excluding tert-OH is 1. The molecule has 3 atom stereocenters. The number of hydrogen-bond donors (Lipinski definition) is 4. The summed E-state index contributed by atoms with van der Waals surface area (Å²) in [5.41, 5.74) is 4.26. The number of methoxy groups -OCH3 is 1. The van der Waals surface area contributed by atoms with Crippen molar-refractivity contribution in [3.05, 3.63) is 95.1 Å². The molecule has 1 aliphatic heterocycles. The fourth-order valence-electron chi connectivity index (χ4n) is 5.20. The lowest BCUT2D eigenvalue weighted by atomic mass is 9.97. The number of thioether (sulfide) groups is 1. The summed E-state index contributed by atoms with van der Waals surface area (Å²) in [4.78, 5) is 42.0. The zero-order valence-corrected chi connectivity index (χ0v) is 26.0. The van der Waals surface area contributed by atoms with Crippen LogP contribution in [0.1, 0.15) is 36.1 Å². The lowest BCUT2D eigenvalue weighted by Gasteiger charge is -2.33. The lowest BCUT2D eigenvalue weighted by molar-refractivity contribution is -0.147. The monoisotopic (exact) mass is 604 g/mol. The Morgan fingerprint density at radius 1 is 1.05 bits per heavy atom. The van der Waals surface area contributed by atoms with E-state index in [0.717, 1.165) is 22.3 Å². The van der Waals surface area contributed by atoms with E-state index in [-0.39, 0.29) is 18.2 Å². The third-order valence-corrected chi connectivity index (χ3v) is 9.02. The van der Waals surface area contributed by atoms with Crippen molar-refractivity contribution in [1.29, 1.82) is 0 Å². The molecular weight excluding hydrogens is 564 g/mol. The van der Waals surface area contributed by atoms with Crippen LogP contribution in [0.2, 0.25) is 0 Å². The quantitative estimate of drug-likeness (QED) is 0.272. The van der Waals surface area contributed by atoms with E-state index in [0.29, 0.717) is 18.0 Å². The number of benzene rings is 3. The number of carbonyl (C=O) groups excluding carboxylic acids is 3. The molecule has 0 radical (unpaired) electrons. The average molecular weight is 605 g/mol. The Labute approximate surface area is 257 Å². The predicted molar refractivity (Wildman–Crippen MR) is 170 cm³/mol. The van der Waals surface area contributed by atoms with Gasteiger partial charge in [0.1, 0.15) is 11.8 Å². The molecule has 0 bridgehead atoms. The van der Waals surface area contributed by atoms with Gasteiger partial charge in [0, 0.05) is 11.3 Å². The summed E-state index contributed by atoms with van der Waals surface area (Å²) in [7, 11) is 1.51. The molecule has 3 aromatic carbocycles. The molecule has 1 fully saturated rings. The molecular formula is C33H40N4O5S. The lowest BCUT2D eigenvalue weighted by Crippen LogP contribution is -2.59. The Balaban J connectivity index is 1.53.